The lowest BCUT2D eigenvalue weighted by Crippen LogP contribution is -2.57. The molecule has 52 heavy (non-hydrogen) atoms. The van der Waals surface area contributed by atoms with Crippen LogP contribution in [0.4, 0.5) is 4.39 Å². The Morgan fingerprint density at radius 3 is 2.42 bits per heavy atom. The molecule has 280 valence electrons. The summed E-state index contributed by atoms with van der Waals surface area (Å²) >= 11 is 0. The highest BCUT2D eigenvalue weighted by Gasteiger charge is 2.41. The van der Waals surface area contributed by atoms with Crippen molar-refractivity contribution in [3.63, 3.8) is 0 Å². The summed E-state index contributed by atoms with van der Waals surface area (Å²) in [6.45, 7) is 5.34. The Bertz CT molecular complexity index is 1670. The van der Waals surface area contributed by atoms with Crippen LogP contribution in [-0.4, -0.2) is 86.7 Å². The molecule has 2 N–H and O–H groups in total. The van der Waals surface area contributed by atoms with Crippen molar-refractivity contribution in [1.29, 1.82) is 0 Å². The van der Waals surface area contributed by atoms with Gasteiger partial charge in [-0.25, -0.2) is 4.39 Å². The molecule has 0 saturated carbocycles. The molecule has 5 rings (SSSR count). The van der Waals surface area contributed by atoms with Gasteiger partial charge in [-0.2, -0.15) is 0 Å². The van der Waals surface area contributed by atoms with Gasteiger partial charge in [-0.1, -0.05) is 81.1 Å². The number of aryl methyl sites for hydroxylation is 1. The normalized spacial score (nSPS) is 22.0. The van der Waals surface area contributed by atoms with Crippen molar-refractivity contribution in [3.05, 3.63) is 77.4 Å². The number of carbonyl (C=O) groups is 4. The van der Waals surface area contributed by atoms with E-state index in [4.69, 9.17) is 4.74 Å². The molecule has 1 aromatic heterocycles. The van der Waals surface area contributed by atoms with Crippen LogP contribution in [0.2, 0.25) is 0 Å². The molecule has 3 aromatic rings. The highest BCUT2D eigenvalue weighted by Crippen LogP contribution is 2.26. The zero-order valence-corrected chi connectivity index (χ0v) is 30.6. The van der Waals surface area contributed by atoms with E-state index in [0.717, 1.165) is 44.1 Å². The first-order valence-corrected chi connectivity index (χ1v) is 18.6. The predicted octanol–water partition coefficient (Wildman–Crippen LogP) is 4.67. The number of nitrogens with zero attached hydrogens (tertiary/aromatic N) is 5. The van der Waals surface area contributed by atoms with Crippen molar-refractivity contribution in [3.8, 4) is 5.75 Å². The van der Waals surface area contributed by atoms with E-state index >= 15 is 4.39 Å². The highest BCUT2D eigenvalue weighted by atomic mass is 19.1. The Morgan fingerprint density at radius 2 is 1.65 bits per heavy atom. The van der Waals surface area contributed by atoms with Crippen LogP contribution < -0.4 is 15.4 Å². The van der Waals surface area contributed by atoms with Gasteiger partial charge in [0.25, 0.3) is 5.91 Å². The Morgan fingerprint density at radius 1 is 0.904 bits per heavy atom. The third-order valence-corrected chi connectivity index (χ3v) is 9.80. The molecule has 2 bridgehead atoms. The van der Waals surface area contributed by atoms with Crippen LogP contribution in [0.3, 0.4) is 0 Å². The van der Waals surface area contributed by atoms with Gasteiger partial charge in [0.2, 0.25) is 17.7 Å². The van der Waals surface area contributed by atoms with Gasteiger partial charge in [-0.3, -0.25) is 23.9 Å². The minimum atomic E-state index is -1.03. The molecule has 0 spiro atoms. The van der Waals surface area contributed by atoms with Crippen LogP contribution in [0.5, 0.6) is 5.75 Å². The number of ether oxygens (including phenoxy) is 1. The summed E-state index contributed by atoms with van der Waals surface area (Å²) in [5.74, 6) is -2.57. The van der Waals surface area contributed by atoms with Crippen molar-refractivity contribution >= 4 is 23.6 Å². The number of hydrogen-bond donors (Lipinski definition) is 2. The first kappa shape index (κ1) is 38.4. The van der Waals surface area contributed by atoms with E-state index in [0.29, 0.717) is 44.6 Å². The molecule has 0 aliphatic carbocycles. The summed E-state index contributed by atoms with van der Waals surface area (Å²) in [4.78, 5) is 58.9. The smallest absolute Gasteiger partial charge is 0.258 e. The molecule has 4 amide bonds. The fraction of sp³-hybridized carbons (Fsp3) is 0.538. The molecule has 13 heteroatoms. The van der Waals surface area contributed by atoms with Gasteiger partial charge < -0.3 is 25.2 Å². The van der Waals surface area contributed by atoms with Crippen LogP contribution in [0, 0.1) is 11.7 Å². The molecule has 1 fully saturated rings. The average Bonchev–Trinajstić information content (AvgIpc) is 3.81. The molecule has 0 unspecified atom stereocenters. The van der Waals surface area contributed by atoms with Gasteiger partial charge in [0.05, 0.1) is 6.20 Å². The average molecular weight is 718 g/mol. The predicted molar refractivity (Wildman–Crippen MR) is 194 cm³/mol. The van der Waals surface area contributed by atoms with E-state index in [-0.39, 0.29) is 42.1 Å². The van der Waals surface area contributed by atoms with Crippen molar-refractivity contribution in [2.75, 3.05) is 20.1 Å². The standard InChI is InChI=1S/C39H52FN7O5/c1-27(2)23-31-38(50)47-22-14-18-32(47)39(51)45(3)33(24-28-15-9-8-10-16-28)36(48)41-20-11-6-4-5-7-12-21-46-25-29(43-44-46)26-52-34-19-13-17-30(40)35(34)37(49)42-31/h8-10,13,15-17,19,25,27,31-33H,4-7,11-12,14,18,20-24,26H2,1-3H3,(H,41,48)(H,42,49)/t31-,32-,33+/m1/s1. The molecule has 2 aromatic carbocycles. The van der Waals surface area contributed by atoms with Crippen molar-refractivity contribution < 1.29 is 28.3 Å². The van der Waals surface area contributed by atoms with E-state index in [1.54, 1.807) is 17.9 Å². The van der Waals surface area contributed by atoms with E-state index in [9.17, 15) is 19.2 Å². The number of likely N-dealkylation sites (N-methyl/N-ethyl adjacent to an activating group) is 1. The van der Waals surface area contributed by atoms with Crippen molar-refractivity contribution in [1.82, 2.24) is 35.4 Å². The largest absolute Gasteiger partial charge is 0.486 e. The van der Waals surface area contributed by atoms with E-state index in [2.05, 4.69) is 20.9 Å². The molecule has 3 heterocycles. The van der Waals surface area contributed by atoms with Gasteiger partial charge in [-0.05, 0) is 55.7 Å². The summed E-state index contributed by atoms with van der Waals surface area (Å²) in [6.07, 6.45) is 9.20. The maximum absolute atomic E-state index is 15.3. The zero-order chi connectivity index (χ0) is 37.0. The number of fused-ring (bicyclic) bond motifs is 4. The lowest BCUT2D eigenvalue weighted by atomic mass is 10.0. The molecule has 1 saturated heterocycles. The Hall–Kier alpha value is -4.81. The lowest BCUT2D eigenvalue weighted by Gasteiger charge is -2.34. The summed E-state index contributed by atoms with van der Waals surface area (Å²) in [7, 11) is 1.62. The Balaban J connectivity index is 1.41. The SMILES string of the molecule is CC(C)C[C@H]1NC(=O)c2c(F)cccc2OCc2cn(nn2)CCCCCCCCNC(=O)[C@H](Cc2ccccc2)N(C)C(=O)[C@H]2CCCN2C1=O. The van der Waals surface area contributed by atoms with Crippen LogP contribution in [-0.2, 0) is 34.0 Å². The lowest BCUT2D eigenvalue weighted by molar-refractivity contribution is -0.147. The number of aromatic nitrogens is 3. The number of hydrogen-bond acceptors (Lipinski definition) is 7. The van der Waals surface area contributed by atoms with Gasteiger partial charge >= 0.3 is 0 Å². The highest BCUT2D eigenvalue weighted by molar-refractivity contribution is 6.00. The minimum Gasteiger partial charge on any atom is -0.486 e. The van der Waals surface area contributed by atoms with E-state index in [1.807, 2.05) is 44.2 Å². The van der Waals surface area contributed by atoms with E-state index < -0.39 is 35.8 Å². The van der Waals surface area contributed by atoms with Crippen molar-refractivity contribution in [2.45, 2.75) is 109 Å². The Kier molecular flexibility index (Phi) is 13.8. The Labute approximate surface area is 305 Å². The number of amides is 4. The van der Waals surface area contributed by atoms with E-state index in [1.165, 1.54) is 28.0 Å². The first-order valence-electron chi connectivity index (χ1n) is 18.6. The van der Waals surface area contributed by atoms with Crippen LogP contribution in [0.15, 0.2) is 54.7 Å². The number of carbonyl (C=O) groups excluding carboxylic acids is 4. The van der Waals surface area contributed by atoms with Gasteiger partial charge in [0.15, 0.2) is 0 Å². The summed E-state index contributed by atoms with van der Waals surface area (Å²) in [5, 5.41) is 14.2. The summed E-state index contributed by atoms with van der Waals surface area (Å²) in [6, 6.07) is 11.1. The second-order valence-electron chi connectivity index (χ2n) is 14.3. The first-order chi connectivity index (χ1) is 25.1. The van der Waals surface area contributed by atoms with Gasteiger partial charge in [-0.15, -0.1) is 5.10 Å². The minimum absolute atomic E-state index is 0.00748. The summed E-state index contributed by atoms with van der Waals surface area (Å²) < 4.78 is 23.0. The van der Waals surface area contributed by atoms with Crippen molar-refractivity contribution in [2.24, 2.45) is 5.92 Å². The summed E-state index contributed by atoms with van der Waals surface area (Å²) in [5.41, 5.74) is 1.13. The van der Waals surface area contributed by atoms with Crippen LogP contribution >= 0.6 is 0 Å². The zero-order valence-electron chi connectivity index (χ0n) is 30.6. The molecule has 2 aliphatic heterocycles. The second-order valence-corrected chi connectivity index (χ2v) is 14.3. The molecule has 2 aliphatic rings. The third-order valence-electron chi connectivity index (χ3n) is 9.80. The molecule has 3 atom stereocenters. The number of benzene rings is 2. The number of nitrogens with one attached hydrogen (secondary N) is 2. The number of halogens is 1. The molecule has 12 nitrogen and oxygen atoms in total. The second kappa shape index (κ2) is 18.6. The molecular weight excluding hydrogens is 665 g/mol. The fourth-order valence-electron chi connectivity index (χ4n) is 6.99. The molecular formula is C39H52FN7O5. The quantitative estimate of drug-likeness (QED) is 0.400. The van der Waals surface area contributed by atoms with Crippen LogP contribution in [0.25, 0.3) is 0 Å². The van der Waals surface area contributed by atoms with Crippen LogP contribution in [0.1, 0.15) is 93.3 Å². The molecule has 0 radical (unpaired) electrons. The van der Waals surface area contributed by atoms with Gasteiger partial charge in [0, 0.05) is 33.1 Å². The fourth-order valence-corrected chi connectivity index (χ4v) is 6.99. The topological polar surface area (TPSA) is 139 Å². The maximum atomic E-state index is 15.3. The monoisotopic (exact) mass is 717 g/mol. The number of rotatable bonds is 4. The third kappa shape index (κ3) is 10.2. The maximum Gasteiger partial charge on any atom is 0.258 e. The van der Waals surface area contributed by atoms with Gasteiger partial charge in [0.1, 0.15) is 47.6 Å².